The van der Waals surface area contributed by atoms with Crippen molar-refractivity contribution in [3.05, 3.63) is 45.1 Å². The third kappa shape index (κ3) is 5.01. The van der Waals surface area contributed by atoms with Gasteiger partial charge in [0.2, 0.25) is 0 Å². The number of benzene rings is 1. The lowest BCUT2D eigenvalue weighted by molar-refractivity contribution is -0.141. The zero-order valence-corrected chi connectivity index (χ0v) is 17.1. The molecule has 0 saturated carbocycles. The maximum atomic E-state index is 12.7. The van der Waals surface area contributed by atoms with Crippen LogP contribution in [-0.4, -0.2) is 33.2 Å². The molecule has 1 aromatic carbocycles. The number of methoxy groups -OCH3 is 3. The number of ether oxygens (including phenoxy) is 3. The van der Waals surface area contributed by atoms with Gasteiger partial charge in [-0.05, 0) is 42.7 Å². The van der Waals surface area contributed by atoms with Gasteiger partial charge in [0.05, 0.1) is 38.7 Å². The van der Waals surface area contributed by atoms with E-state index in [0.717, 1.165) is 17.5 Å². The molecule has 1 amide bonds. The van der Waals surface area contributed by atoms with Crippen molar-refractivity contribution in [1.29, 1.82) is 0 Å². The van der Waals surface area contributed by atoms with Gasteiger partial charge >= 0.3 is 5.97 Å². The average molecular weight is 391 g/mol. The number of thiophene rings is 1. The Labute approximate surface area is 163 Å². The average Bonchev–Trinajstić information content (AvgIpc) is 3.07. The lowest BCUT2D eigenvalue weighted by Crippen LogP contribution is -2.30. The highest BCUT2D eigenvalue weighted by Crippen LogP contribution is 2.31. The van der Waals surface area contributed by atoms with Crippen LogP contribution in [0.25, 0.3) is 0 Å². The number of hydrogen-bond acceptors (Lipinski definition) is 6. The Hall–Kier alpha value is -2.54. The van der Waals surface area contributed by atoms with Gasteiger partial charge in [0.1, 0.15) is 0 Å². The smallest absolute Gasteiger partial charge is 0.307 e. The fourth-order valence-corrected chi connectivity index (χ4v) is 3.80. The summed E-state index contributed by atoms with van der Waals surface area (Å²) < 4.78 is 15.4. The minimum atomic E-state index is -0.544. The first kappa shape index (κ1) is 20.8. The first-order valence-corrected chi connectivity index (χ1v) is 9.44. The summed E-state index contributed by atoms with van der Waals surface area (Å²) in [5.41, 5.74) is 1.83. The third-order valence-corrected chi connectivity index (χ3v) is 5.66. The highest BCUT2D eigenvalue weighted by molar-refractivity contribution is 7.14. The topological polar surface area (TPSA) is 73.9 Å². The molecule has 146 valence electrons. The highest BCUT2D eigenvalue weighted by Gasteiger charge is 2.22. The molecule has 0 aliphatic rings. The van der Waals surface area contributed by atoms with E-state index in [1.54, 1.807) is 25.3 Å². The van der Waals surface area contributed by atoms with Crippen LogP contribution in [-0.2, 0) is 16.0 Å². The van der Waals surface area contributed by atoms with Gasteiger partial charge in [-0.15, -0.1) is 11.3 Å². The summed E-state index contributed by atoms with van der Waals surface area (Å²) in [5, 5.41) is 2.94. The van der Waals surface area contributed by atoms with Crippen LogP contribution in [0.15, 0.2) is 24.3 Å². The lowest BCUT2D eigenvalue weighted by atomic mass is 10.0. The van der Waals surface area contributed by atoms with Crippen LogP contribution in [0.1, 0.15) is 45.1 Å². The van der Waals surface area contributed by atoms with Gasteiger partial charge in [-0.25, -0.2) is 0 Å². The van der Waals surface area contributed by atoms with Crippen LogP contribution in [0.2, 0.25) is 0 Å². The molecule has 1 aromatic heterocycles. The molecular formula is C20H25NO5S. The third-order valence-electron chi connectivity index (χ3n) is 4.28. The minimum Gasteiger partial charge on any atom is -0.493 e. The Kier molecular flexibility index (Phi) is 7.24. The molecule has 0 aliphatic carbocycles. The SMILES string of the molecule is CCc1sc(C(=O)NC(CC(=O)OC)c2ccc(OC)c(OC)c2)cc1C. The molecule has 0 bridgehead atoms. The quantitative estimate of drug-likeness (QED) is 0.695. The fourth-order valence-electron chi connectivity index (χ4n) is 2.78. The molecule has 0 radical (unpaired) electrons. The second-order valence-corrected chi connectivity index (χ2v) is 7.13. The van der Waals surface area contributed by atoms with Crippen LogP contribution in [0.5, 0.6) is 11.5 Å². The molecule has 2 rings (SSSR count). The van der Waals surface area contributed by atoms with E-state index in [9.17, 15) is 9.59 Å². The number of esters is 1. The van der Waals surface area contributed by atoms with Gasteiger partial charge in [0.25, 0.3) is 5.91 Å². The van der Waals surface area contributed by atoms with Crippen LogP contribution in [0, 0.1) is 6.92 Å². The Morgan fingerprint density at radius 3 is 2.37 bits per heavy atom. The molecule has 0 fully saturated rings. The molecule has 1 atom stereocenters. The van der Waals surface area contributed by atoms with Crippen molar-refractivity contribution < 1.29 is 23.8 Å². The predicted octanol–water partition coefficient (Wildman–Crippen LogP) is 3.67. The summed E-state index contributed by atoms with van der Waals surface area (Å²) >= 11 is 1.47. The van der Waals surface area contributed by atoms with Gasteiger partial charge in [0.15, 0.2) is 11.5 Å². The molecule has 1 N–H and O–H groups in total. The molecular weight excluding hydrogens is 366 g/mol. The van der Waals surface area contributed by atoms with Gasteiger partial charge in [0, 0.05) is 4.88 Å². The maximum absolute atomic E-state index is 12.7. The van der Waals surface area contributed by atoms with Crippen LogP contribution in [0.4, 0.5) is 0 Å². The molecule has 0 aliphatic heterocycles. The molecule has 27 heavy (non-hydrogen) atoms. The molecule has 2 aromatic rings. The minimum absolute atomic E-state index is 0.0166. The van der Waals surface area contributed by atoms with E-state index in [4.69, 9.17) is 14.2 Å². The van der Waals surface area contributed by atoms with Crippen molar-refractivity contribution in [3.63, 3.8) is 0 Å². The van der Waals surface area contributed by atoms with Gasteiger partial charge in [-0.2, -0.15) is 0 Å². The Balaban J connectivity index is 2.31. The maximum Gasteiger partial charge on any atom is 0.307 e. The standard InChI is InChI=1S/C20H25NO5S/c1-6-17-12(2)9-18(27-17)20(23)21-14(11-19(22)26-5)13-7-8-15(24-3)16(10-13)25-4/h7-10,14H,6,11H2,1-5H3,(H,21,23). The fraction of sp³-hybridized carbons (Fsp3) is 0.400. The first-order valence-electron chi connectivity index (χ1n) is 8.62. The zero-order valence-electron chi connectivity index (χ0n) is 16.3. The highest BCUT2D eigenvalue weighted by atomic mass is 32.1. The Morgan fingerprint density at radius 2 is 1.81 bits per heavy atom. The van der Waals surface area contributed by atoms with E-state index >= 15 is 0 Å². The Morgan fingerprint density at radius 1 is 1.11 bits per heavy atom. The molecule has 0 spiro atoms. The molecule has 1 heterocycles. The van der Waals surface area contributed by atoms with E-state index in [1.807, 2.05) is 13.0 Å². The monoisotopic (exact) mass is 391 g/mol. The van der Waals surface area contributed by atoms with Crippen molar-refractivity contribution in [2.75, 3.05) is 21.3 Å². The van der Waals surface area contributed by atoms with E-state index < -0.39 is 12.0 Å². The summed E-state index contributed by atoms with van der Waals surface area (Å²) in [6, 6.07) is 6.63. The Bertz CT molecular complexity index is 815. The van der Waals surface area contributed by atoms with Gasteiger partial charge in [-0.1, -0.05) is 13.0 Å². The number of hydrogen-bond donors (Lipinski definition) is 1. The van der Waals surface area contributed by atoms with E-state index in [2.05, 4.69) is 12.2 Å². The van der Waals surface area contributed by atoms with E-state index in [0.29, 0.717) is 16.4 Å². The number of carbonyl (C=O) groups excluding carboxylic acids is 2. The molecule has 7 heteroatoms. The molecule has 0 saturated heterocycles. The lowest BCUT2D eigenvalue weighted by Gasteiger charge is -2.19. The molecule has 1 unspecified atom stereocenters. The number of aryl methyl sites for hydroxylation is 2. The van der Waals surface area contributed by atoms with Crippen LogP contribution in [0.3, 0.4) is 0 Å². The van der Waals surface area contributed by atoms with Gasteiger partial charge < -0.3 is 19.5 Å². The van der Waals surface area contributed by atoms with E-state index in [-0.39, 0.29) is 12.3 Å². The van der Waals surface area contributed by atoms with E-state index in [1.165, 1.54) is 30.4 Å². The van der Waals surface area contributed by atoms with Gasteiger partial charge in [-0.3, -0.25) is 9.59 Å². The number of carbonyl (C=O) groups is 2. The number of rotatable bonds is 8. The summed E-state index contributed by atoms with van der Waals surface area (Å²) in [6.07, 6.45) is 0.897. The second-order valence-electron chi connectivity index (χ2n) is 5.99. The zero-order chi connectivity index (χ0) is 20.0. The number of amides is 1. The molecule has 6 nitrogen and oxygen atoms in total. The van der Waals surface area contributed by atoms with Crippen molar-refractivity contribution in [2.24, 2.45) is 0 Å². The van der Waals surface area contributed by atoms with Crippen molar-refractivity contribution in [3.8, 4) is 11.5 Å². The largest absolute Gasteiger partial charge is 0.493 e. The van der Waals surface area contributed by atoms with Crippen molar-refractivity contribution >= 4 is 23.2 Å². The number of nitrogens with one attached hydrogen (secondary N) is 1. The second kappa shape index (κ2) is 9.41. The van der Waals surface area contributed by atoms with Crippen LogP contribution >= 0.6 is 11.3 Å². The van der Waals surface area contributed by atoms with Crippen LogP contribution < -0.4 is 14.8 Å². The summed E-state index contributed by atoms with van der Waals surface area (Å²) in [7, 11) is 4.41. The predicted molar refractivity (Wildman–Crippen MR) is 105 cm³/mol. The van der Waals surface area contributed by atoms with Crippen molar-refractivity contribution in [2.45, 2.75) is 32.7 Å². The first-order chi connectivity index (χ1) is 12.9. The summed E-state index contributed by atoms with van der Waals surface area (Å²) in [6.45, 7) is 4.05. The summed E-state index contributed by atoms with van der Waals surface area (Å²) in [4.78, 5) is 26.4. The normalized spacial score (nSPS) is 11.6. The summed E-state index contributed by atoms with van der Waals surface area (Å²) in [5.74, 6) is 0.475. The van der Waals surface area contributed by atoms with Crippen molar-refractivity contribution in [1.82, 2.24) is 5.32 Å².